The highest BCUT2D eigenvalue weighted by atomic mass is 15.1. The first-order valence-electron chi connectivity index (χ1n) is 3.07. The molecule has 1 aromatic heterocycles. The zero-order chi connectivity index (χ0) is 7.56. The smallest absolute Gasteiger partial charge is 0.136 e. The molecule has 10 heavy (non-hydrogen) atoms. The van der Waals surface area contributed by atoms with Crippen molar-refractivity contribution in [1.82, 2.24) is 9.55 Å². The molecule has 0 unspecified atom stereocenters. The van der Waals surface area contributed by atoms with Gasteiger partial charge in [0.15, 0.2) is 0 Å². The Hall–Kier alpha value is -1.31. The van der Waals surface area contributed by atoms with Crippen LogP contribution in [0.25, 0.3) is 11.8 Å². The highest BCUT2D eigenvalue weighted by Gasteiger charge is 1.95. The fourth-order valence-corrected chi connectivity index (χ4v) is 0.789. The fraction of sp³-hybridized carbons (Fsp3) is 0.125. The van der Waals surface area contributed by atoms with E-state index in [1.165, 1.54) is 0 Å². The van der Waals surface area contributed by atoms with E-state index >= 15 is 0 Å². The molecule has 0 N–H and O–H groups in total. The molecule has 0 saturated heterocycles. The van der Waals surface area contributed by atoms with Crippen molar-refractivity contribution in [2.75, 3.05) is 0 Å². The van der Waals surface area contributed by atoms with E-state index in [1.54, 1.807) is 12.3 Å². The lowest BCUT2D eigenvalue weighted by Gasteiger charge is -2.00. The number of nitrogens with zero attached hydrogens (tertiary/aromatic N) is 2. The maximum Gasteiger partial charge on any atom is 0.136 e. The molecule has 0 amide bonds. The zero-order valence-electron chi connectivity index (χ0n) is 6.04. The second-order valence-corrected chi connectivity index (χ2v) is 2.09. The Bertz CT molecular complexity index is 258. The van der Waals surface area contributed by atoms with Gasteiger partial charge in [0, 0.05) is 18.1 Å². The molecule has 1 heterocycles. The van der Waals surface area contributed by atoms with E-state index in [2.05, 4.69) is 18.1 Å². The minimum atomic E-state index is 0.840. The molecule has 0 bridgehead atoms. The molecular formula is C8H10N2. The zero-order valence-corrected chi connectivity index (χ0v) is 6.04. The lowest BCUT2D eigenvalue weighted by molar-refractivity contribution is 1.06. The molecule has 1 aromatic rings. The molecular weight excluding hydrogens is 124 g/mol. The summed E-state index contributed by atoms with van der Waals surface area (Å²) >= 11 is 0. The Morgan fingerprint density at radius 1 is 1.80 bits per heavy atom. The Balaban J connectivity index is 3.13. The second-order valence-electron chi connectivity index (χ2n) is 2.09. The summed E-state index contributed by atoms with van der Waals surface area (Å²) in [5.41, 5.74) is 0.951. The quantitative estimate of drug-likeness (QED) is 0.605. The van der Waals surface area contributed by atoms with Gasteiger partial charge < -0.3 is 4.57 Å². The van der Waals surface area contributed by atoms with Crippen LogP contribution in [0.4, 0.5) is 0 Å². The van der Waals surface area contributed by atoms with Crippen molar-refractivity contribution in [3.8, 4) is 0 Å². The number of hydrogen-bond acceptors (Lipinski definition) is 1. The van der Waals surface area contributed by atoms with E-state index in [1.807, 2.05) is 17.7 Å². The minimum absolute atomic E-state index is 0.840. The van der Waals surface area contributed by atoms with Gasteiger partial charge in [-0.15, -0.1) is 0 Å². The summed E-state index contributed by atoms with van der Waals surface area (Å²) in [6, 6.07) is 0. The number of rotatable bonds is 2. The van der Waals surface area contributed by atoms with Crippen LogP contribution in [-0.4, -0.2) is 9.55 Å². The predicted molar refractivity (Wildman–Crippen MR) is 43.3 cm³/mol. The first-order valence-corrected chi connectivity index (χ1v) is 3.07. The average Bonchev–Trinajstić information content (AvgIpc) is 2.33. The maximum atomic E-state index is 4.04. The van der Waals surface area contributed by atoms with Gasteiger partial charge in [-0.2, -0.15) is 0 Å². The molecule has 0 aliphatic carbocycles. The van der Waals surface area contributed by atoms with Gasteiger partial charge in [0.1, 0.15) is 5.82 Å². The van der Waals surface area contributed by atoms with Crippen LogP contribution >= 0.6 is 0 Å². The van der Waals surface area contributed by atoms with Crippen molar-refractivity contribution in [1.29, 1.82) is 0 Å². The van der Waals surface area contributed by atoms with Crippen LogP contribution in [0.3, 0.4) is 0 Å². The van der Waals surface area contributed by atoms with Crippen molar-refractivity contribution < 1.29 is 0 Å². The van der Waals surface area contributed by atoms with Gasteiger partial charge in [-0.05, 0) is 13.0 Å². The number of imidazole rings is 1. The van der Waals surface area contributed by atoms with Crippen LogP contribution in [-0.2, 0) is 0 Å². The fourth-order valence-electron chi connectivity index (χ4n) is 0.789. The van der Waals surface area contributed by atoms with Gasteiger partial charge >= 0.3 is 0 Å². The largest absolute Gasteiger partial charge is 0.305 e. The van der Waals surface area contributed by atoms with Crippen molar-refractivity contribution in [2.24, 2.45) is 0 Å². The van der Waals surface area contributed by atoms with Gasteiger partial charge in [0.05, 0.1) is 0 Å². The topological polar surface area (TPSA) is 17.8 Å². The normalized spacial score (nSPS) is 9.30. The maximum absolute atomic E-state index is 4.04. The SMILES string of the molecule is C=Cc1nccn1C(=C)C. The average molecular weight is 134 g/mol. The summed E-state index contributed by atoms with van der Waals surface area (Å²) in [6.07, 6.45) is 5.29. The van der Waals surface area contributed by atoms with Crippen molar-refractivity contribution in [2.45, 2.75) is 6.92 Å². The summed E-state index contributed by atoms with van der Waals surface area (Å²) in [7, 11) is 0. The summed E-state index contributed by atoms with van der Waals surface area (Å²) in [5, 5.41) is 0. The third-order valence-electron chi connectivity index (χ3n) is 1.26. The van der Waals surface area contributed by atoms with Crippen molar-refractivity contribution in [3.05, 3.63) is 31.4 Å². The molecule has 0 radical (unpaired) electrons. The molecule has 0 saturated carbocycles. The third-order valence-corrected chi connectivity index (χ3v) is 1.26. The number of hydrogen-bond donors (Lipinski definition) is 0. The molecule has 52 valence electrons. The van der Waals surface area contributed by atoms with E-state index < -0.39 is 0 Å². The summed E-state index contributed by atoms with van der Waals surface area (Å²) in [6.45, 7) is 9.33. The van der Waals surface area contributed by atoms with Gasteiger partial charge in [-0.3, -0.25) is 0 Å². The first-order chi connectivity index (χ1) is 4.75. The molecule has 0 aliphatic rings. The van der Waals surface area contributed by atoms with Crippen molar-refractivity contribution in [3.63, 3.8) is 0 Å². The molecule has 0 fully saturated rings. The highest BCUT2D eigenvalue weighted by Crippen LogP contribution is 2.05. The first kappa shape index (κ1) is 6.81. The molecule has 2 nitrogen and oxygen atoms in total. The lowest BCUT2D eigenvalue weighted by atomic mass is 10.5. The minimum Gasteiger partial charge on any atom is -0.305 e. The summed E-state index contributed by atoms with van der Waals surface area (Å²) < 4.78 is 1.88. The van der Waals surface area contributed by atoms with E-state index in [0.29, 0.717) is 0 Å². The summed E-state index contributed by atoms with van der Waals surface area (Å²) in [4.78, 5) is 4.04. The van der Waals surface area contributed by atoms with Crippen LogP contribution in [0, 0.1) is 0 Å². The Morgan fingerprint density at radius 2 is 2.50 bits per heavy atom. The van der Waals surface area contributed by atoms with Gasteiger partial charge in [0.25, 0.3) is 0 Å². The van der Waals surface area contributed by atoms with Crippen LogP contribution in [0.1, 0.15) is 12.7 Å². The standard InChI is InChI=1S/C8H10N2/c1-4-8-9-5-6-10(8)7(2)3/h4-6H,1-2H2,3H3. The van der Waals surface area contributed by atoms with Gasteiger partial charge in [0.2, 0.25) is 0 Å². The highest BCUT2D eigenvalue weighted by molar-refractivity contribution is 5.48. The second kappa shape index (κ2) is 2.52. The van der Waals surface area contributed by atoms with Gasteiger partial charge in [-0.1, -0.05) is 13.2 Å². The molecule has 0 aromatic carbocycles. The van der Waals surface area contributed by atoms with Gasteiger partial charge in [-0.25, -0.2) is 4.98 Å². The summed E-state index contributed by atoms with van der Waals surface area (Å²) in [5.74, 6) is 0.840. The van der Waals surface area contributed by atoms with Crippen LogP contribution in [0.5, 0.6) is 0 Å². The Kier molecular flexibility index (Phi) is 1.71. The molecule has 2 heteroatoms. The monoisotopic (exact) mass is 134 g/mol. The Morgan fingerprint density at radius 3 is 2.90 bits per heavy atom. The van der Waals surface area contributed by atoms with Crippen molar-refractivity contribution >= 4 is 11.8 Å². The Labute approximate surface area is 60.5 Å². The van der Waals surface area contributed by atoms with E-state index in [4.69, 9.17) is 0 Å². The van der Waals surface area contributed by atoms with E-state index in [-0.39, 0.29) is 0 Å². The van der Waals surface area contributed by atoms with E-state index in [0.717, 1.165) is 11.5 Å². The van der Waals surface area contributed by atoms with Crippen LogP contribution in [0.15, 0.2) is 25.6 Å². The predicted octanol–water partition coefficient (Wildman–Crippen LogP) is 2.02. The molecule has 0 spiro atoms. The molecule has 0 atom stereocenters. The van der Waals surface area contributed by atoms with Crippen LogP contribution in [0.2, 0.25) is 0 Å². The molecule has 1 rings (SSSR count). The molecule has 0 aliphatic heterocycles. The number of allylic oxidation sites excluding steroid dienone is 1. The third kappa shape index (κ3) is 1.00. The lowest BCUT2D eigenvalue weighted by Crippen LogP contribution is -1.92. The number of aromatic nitrogens is 2. The van der Waals surface area contributed by atoms with Crippen LogP contribution < -0.4 is 0 Å². The van der Waals surface area contributed by atoms with E-state index in [9.17, 15) is 0 Å².